The summed E-state index contributed by atoms with van der Waals surface area (Å²) in [6.45, 7) is 3.95. The summed E-state index contributed by atoms with van der Waals surface area (Å²) in [6, 6.07) is 12.5. The first-order chi connectivity index (χ1) is 8.59. The van der Waals surface area contributed by atoms with Crippen molar-refractivity contribution in [3.8, 4) is 5.75 Å². The zero-order valence-electron chi connectivity index (χ0n) is 10.7. The molecule has 1 nitrogen and oxygen atoms in total. The maximum atomic E-state index is 14.3. The summed E-state index contributed by atoms with van der Waals surface area (Å²) in [5, 5.41) is 9.72. The third-order valence-electron chi connectivity index (χ3n) is 3.10. The average Bonchev–Trinajstić information content (AvgIpc) is 2.34. The lowest BCUT2D eigenvalue weighted by Gasteiger charge is -2.11. The highest BCUT2D eigenvalue weighted by Crippen LogP contribution is 2.25. The Hall–Kier alpha value is -1.83. The van der Waals surface area contributed by atoms with E-state index in [1.807, 2.05) is 38.1 Å². The third kappa shape index (κ3) is 2.53. The summed E-state index contributed by atoms with van der Waals surface area (Å²) in [7, 11) is 0. The Bertz CT molecular complexity index is 547. The zero-order chi connectivity index (χ0) is 13.1. The molecule has 0 aliphatic carbocycles. The van der Waals surface area contributed by atoms with Crippen molar-refractivity contribution in [2.75, 3.05) is 0 Å². The van der Waals surface area contributed by atoms with Gasteiger partial charge in [0.15, 0.2) is 0 Å². The van der Waals surface area contributed by atoms with Crippen LogP contribution in [0.5, 0.6) is 5.75 Å². The first kappa shape index (κ1) is 12.6. The Kier molecular flexibility index (Phi) is 3.66. The van der Waals surface area contributed by atoms with Crippen LogP contribution in [0.3, 0.4) is 0 Å². The van der Waals surface area contributed by atoms with Gasteiger partial charge in [0.05, 0.1) is 0 Å². The van der Waals surface area contributed by atoms with Crippen LogP contribution in [0.2, 0.25) is 0 Å². The molecule has 2 aromatic carbocycles. The minimum absolute atomic E-state index is 0.157. The number of phenols is 1. The van der Waals surface area contributed by atoms with E-state index < -0.39 is 0 Å². The lowest BCUT2D eigenvalue weighted by Crippen LogP contribution is -1.99. The van der Waals surface area contributed by atoms with Gasteiger partial charge in [-0.15, -0.1) is 0 Å². The van der Waals surface area contributed by atoms with Crippen LogP contribution in [0, 0.1) is 5.82 Å². The number of phenolic OH excluding ortho intramolecular Hbond substituents is 1. The number of rotatable bonds is 3. The molecule has 0 unspecified atom stereocenters. The Morgan fingerprint density at radius 1 is 1.00 bits per heavy atom. The summed E-state index contributed by atoms with van der Waals surface area (Å²) < 4.78 is 14.3. The summed E-state index contributed by atoms with van der Waals surface area (Å²) in [5.41, 5.74) is 2.10. The molecule has 0 heterocycles. The predicted octanol–water partition coefficient (Wildman–Crippen LogP) is 4.25. The third-order valence-corrected chi connectivity index (χ3v) is 3.10. The summed E-state index contributed by atoms with van der Waals surface area (Å²) in [6.07, 6.45) is 0.416. The highest BCUT2D eigenvalue weighted by molar-refractivity contribution is 5.38. The van der Waals surface area contributed by atoms with Crippen molar-refractivity contribution in [1.29, 1.82) is 0 Å². The first-order valence-corrected chi connectivity index (χ1v) is 6.13. The molecule has 0 radical (unpaired) electrons. The van der Waals surface area contributed by atoms with Gasteiger partial charge >= 0.3 is 0 Å². The molecule has 0 aromatic heterocycles. The van der Waals surface area contributed by atoms with Crippen molar-refractivity contribution >= 4 is 0 Å². The molecule has 0 bridgehead atoms. The molecule has 0 atom stereocenters. The lowest BCUT2D eigenvalue weighted by atomic mass is 9.96. The van der Waals surface area contributed by atoms with Gasteiger partial charge in [-0.2, -0.15) is 0 Å². The fourth-order valence-electron chi connectivity index (χ4n) is 2.05. The number of para-hydroxylation sites is 1. The van der Waals surface area contributed by atoms with Gasteiger partial charge in [0.2, 0.25) is 0 Å². The first-order valence-electron chi connectivity index (χ1n) is 6.13. The molecule has 0 saturated carbocycles. The Labute approximate surface area is 107 Å². The van der Waals surface area contributed by atoms with Crippen molar-refractivity contribution in [3.63, 3.8) is 0 Å². The van der Waals surface area contributed by atoms with E-state index in [1.165, 1.54) is 0 Å². The van der Waals surface area contributed by atoms with Crippen LogP contribution in [-0.2, 0) is 6.42 Å². The van der Waals surface area contributed by atoms with Crippen LogP contribution in [0.4, 0.5) is 4.39 Å². The van der Waals surface area contributed by atoms with Crippen LogP contribution < -0.4 is 0 Å². The molecule has 0 saturated heterocycles. The summed E-state index contributed by atoms with van der Waals surface area (Å²) in [5.74, 6) is 0.219. The van der Waals surface area contributed by atoms with Gasteiger partial charge in [0.25, 0.3) is 0 Å². The molecule has 2 aromatic rings. The Morgan fingerprint density at radius 2 is 1.67 bits per heavy atom. The van der Waals surface area contributed by atoms with Gasteiger partial charge in [-0.05, 0) is 28.7 Å². The van der Waals surface area contributed by atoms with Crippen molar-refractivity contribution in [3.05, 3.63) is 65.0 Å². The highest BCUT2D eigenvalue weighted by atomic mass is 19.1. The smallest absolute Gasteiger partial charge is 0.130 e. The summed E-state index contributed by atoms with van der Waals surface area (Å²) >= 11 is 0. The number of hydrogen-bond acceptors (Lipinski definition) is 1. The topological polar surface area (TPSA) is 20.2 Å². The van der Waals surface area contributed by atoms with Crippen LogP contribution >= 0.6 is 0 Å². The molecular formula is C16H17FO. The standard InChI is InChI=1S/C16H17FO/c1-11(2)14-8-5-7-13(16(14)17)10-12-6-3-4-9-15(12)18/h3-9,11,18H,10H2,1-2H3. The van der Waals surface area contributed by atoms with Gasteiger partial charge in [-0.3, -0.25) is 0 Å². The van der Waals surface area contributed by atoms with Gasteiger partial charge in [0, 0.05) is 6.42 Å². The maximum Gasteiger partial charge on any atom is 0.130 e. The van der Waals surface area contributed by atoms with Gasteiger partial charge in [-0.25, -0.2) is 4.39 Å². The molecule has 0 aliphatic heterocycles. The molecule has 2 rings (SSSR count). The van der Waals surface area contributed by atoms with E-state index >= 15 is 0 Å². The van der Waals surface area contributed by atoms with Crippen LogP contribution in [-0.4, -0.2) is 5.11 Å². The molecule has 1 N–H and O–H groups in total. The van der Waals surface area contributed by atoms with E-state index in [9.17, 15) is 9.50 Å². The van der Waals surface area contributed by atoms with Crippen LogP contribution in [0.25, 0.3) is 0 Å². The second kappa shape index (κ2) is 5.21. The van der Waals surface area contributed by atoms with Gasteiger partial charge in [0.1, 0.15) is 11.6 Å². The molecule has 2 heteroatoms. The molecule has 0 amide bonds. The Morgan fingerprint density at radius 3 is 2.33 bits per heavy atom. The normalized spacial score (nSPS) is 10.9. The quantitative estimate of drug-likeness (QED) is 0.856. The highest BCUT2D eigenvalue weighted by Gasteiger charge is 2.12. The molecule has 0 spiro atoms. The van der Waals surface area contributed by atoms with E-state index in [4.69, 9.17) is 0 Å². The zero-order valence-corrected chi connectivity index (χ0v) is 10.7. The molecule has 0 aliphatic rings. The fourth-order valence-corrected chi connectivity index (χ4v) is 2.05. The van der Waals surface area contributed by atoms with E-state index in [-0.39, 0.29) is 17.5 Å². The minimum atomic E-state index is -0.157. The van der Waals surface area contributed by atoms with Crippen molar-refractivity contribution in [2.24, 2.45) is 0 Å². The van der Waals surface area contributed by atoms with Crippen molar-refractivity contribution in [1.82, 2.24) is 0 Å². The van der Waals surface area contributed by atoms with E-state index in [1.54, 1.807) is 18.2 Å². The number of benzene rings is 2. The Balaban J connectivity index is 2.36. The lowest BCUT2D eigenvalue weighted by molar-refractivity contribution is 0.469. The van der Waals surface area contributed by atoms with Gasteiger partial charge < -0.3 is 5.11 Å². The number of aromatic hydroxyl groups is 1. The van der Waals surface area contributed by atoms with Gasteiger partial charge in [-0.1, -0.05) is 50.2 Å². The van der Waals surface area contributed by atoms with E-state index in [0.717, 1.165) is 11.1 Å². The predicted molar refractivity (Wildman–Crippen MR) is 71.4 cm³/mol. The maximum absolute atomic E-state index is 14.3. The van der Waals surface area contributed by atoms with E-state index in [0.29, 0.717) is 12.0 Å². The summed E-state index contributed by atoms with van der Waals surface area (Å²) in [4.78, 5) is 0. The van der Waals surface area contributed by atoms with E-state index in [2.05, 4.69) is 0 Å². The van der Waals surface area contributed by atoms with Crippen molar-refractivity contribution < 1.29 is 9.50 Å². The second-order valence-corrected chi connectivity index (χ2v) is 4.78. The second-order valence-electron chi connectivity index (χ2n) is 4.78. The minimum Gasteiger partial charge on any atom is -0.508 e. The SMILES string of the molecule is CC(C)c1cccc(Cc2ccccc2O)c1F. The van der Waals surface area contributed by atoms with Crippen molar-refractivity contribution in [2.45, 2.75) is 26.2 Å². The molecule has 94 valence electrons. The molecule has 0 fully saturated rings. The number of hydrogen-bond donors (Lipinski definition) is 1. The average molecular weight is 244 g/mol. The molecular weight excluding hydrogens is 227 g/mol. The number of halogens is 1. The largest absolute Gasteiger partial charge is 0.508 e. The van der Waals surface area contributed by atoms with Crippen LogP contribution in [0.15, 0.2) is 42.5 Å². The fraction of sp³-hybridized carbons (Fsp3) is 0.250. The molecule has 18 heavy (non-hydrogen) atoms. The van der Waals surface area contributed by atoms with Crippen LogP contribution in [0.1, 0.15) is 36.5 Å². The monoisotopic (exact) mass is 244 g/mol.